The molecule has 26 heavy (non-hydrogen) atoms. The lowest BCUT2D eigenvalue weighted by atomic mass is 9.89. The van der Waals surface area contributed by atoms with Crippen molar-refractivity contribution >= 4 is 29.9 Å². The van der Waals surface area contributed by atoms with Crippen molar-refractivity contribution in [3.8, 4) is 5.75 Å². The molecule has 0 saturated carbocycles. The number of ether oxygens (including phenoxy) is 2. The summed E-state index contributed by atoms with van der Waals surface area (Å²) in [7, 11) is 0. The van der Waals surface area contributed by atoms with Crippen LogP contribution in [0.3, 0.4) is 0 Å². The summed E-state index contributed by atoms with van der Waals surface area (Å²) in [5.74, 6) is 2.30. The van der Waals surface area contributed by atoms with Crippen LogP contribution >= 0.6 is 24.0 Å². The summed E-state index contributed by atoms with van der Waals surface area (Å²) >= 11 is 0. The van der Waals surface area contributed by atoms with E-state index in [2.05, 4.69) is 57.4 Å². The normalized spacial score (nSPS) is 17.1. The van der Waals surface area contributed by atoms with Crippen molar-refractivity contribution in [2.24, 2.45) is 16.3 Å². The number of hydrogen-bond donors (Lipinski definition) is 2. The number of rotatable bonds is 8. The Morgan fingerprint density at radius 3 is 2.38 bits per heavy atom. The number of hydrogen-bond acceptors (Lipinski definition) is 3. The van der Waals surface area contributed by atoms with Crippen molar-refractivity contribution in [2.45, 2.75) is 40.7 Å². The fourth-order valence-corrected chi connectivity index (χ4v) is 2.54. The van der Waals surface area contributed by atoms with Crippen molar-refractivity contribution in [1.82, 2.24) is 10.6 Å². The van der Waals surface area contributed by atoms with Crippen LogP contribution < -0.4 is 15.4 Å². The van der Waals surface area contributed by atoms with Gasteiger partial charge < -0.3 is 20.1 Å². The minimum absolute atomic E-state index is 0. The first kappa shape index (κ1) is 23.0. The van der Waals surface area contributed by atoms with Gasteiger partial charge in [0.25, 0.3) is 0 Å². The zero-order valence-corrected chi connectivity index (χ0v) is 19.0. The van der Waals surface area contributed by atoms with Crippen LogP contribution in [0, 0.1) is 11.3 Å². The quantitative estimate of drug-likeness (QED) is 0.339. The largest absolute Gasteiger partial charge is 0.493 e. The second kappa shape index (κ2) is 11.0. The molecule has 5 nitrogen and oxygen atoms in total. The minimum Gasteiger partial charge on any atom is -0.493 e. The predicted octanol–water partition coefficient (Wildman–Crippen LogP) is 3.99. The predicted molar refractivity (Wildman–Crippen MR) is 119 cm³/mol. The highest BCUT2D eigenvalue weighted by atomic mass is 127. The second-order valence-electron chi connectivity index (χ2n) is 7.64. The Hall–Kier alpha value is -1.02. The number of benzene rings is 1. The zero-order valence-electron chi connectivity index (χ0n) is 16.7. The Balaban J connectivity index is 0.00000338. The average Bonchev–Trinajstić information content (AvgIpc) is 2.56. The molecule has 2 rings (SSSR count). The van der Waals surface area contributed by atoms with E-state index in [9.17, 15) is 0 Å². The Kier molecular flexibility index (Phi) is 9.71. The van der Waals surface area contributed by atoms with Crippen LogP contribution in [0.15, 0.2) is 29.3 Å². The van der Waals surface area contributed by atoms with E-state index in [1.165, 1.54) is 5.56 Å². The van der Waals surface area contributed by atoms with Crippen LogP contribution in [0.2, 0.25) is 0 Å². The van der Waals surface area contributed by atoms with Crippen LogP contribution in [0.25, 0.3) is 0 Å². The van der Waals surface area contributed by atoms with Gasteiger partial charge in [-0.25, -0.2) is 0 Å². The molecule has 1 aliphatic rings. The monoisotopic (exact) mass is 475 g/mol. The highest BCUT2D eigenvalue weighted by molar-refractivity contribution is 14.0. The first-order valence-corrected chi connectivity index (χ1v) is 9.27. The van der Waals surface area contributed by atoms with E-state index < -0.39 is 0 Å². The third-order valence-corrected chi connectivity index (χ3v) is 4.18. The Morgan fingerprint density at radius 2 is 1.88 bits per heavy atom. The molecule has 1 aromatic carbocycles. The maximum atomic E-state index is 5.75. The van der Waals surface area contributed by atoms with Gasteiger partial charge in [0.15, 0.2) is 5.96 Å². The maximum Gasteiger partial charge on any atom is 0.191 e. The molecule has 0 bridgehead atoms. The van der Waals surface area contributed by atoms with Gasteiger partial charge in [0.05, 0.1) is 32.4 Å². The van der Waals surface area contributed by atoms with Crippen molar-refractivity contribution in [2.75, 3.05) is 32.9 Å². The molecule has 2 N–H and O–H groups in total. The number of halogens is 1. The van der Waals surface area contributed by atoms with Gasteiger partial charge in [0, 0.05) is 12.0 Å². The smallest absolute Gasteiger partial charge is 0.191 e. The Bertz CT molecular complexity index is 557. The van der Waals surface area contributed by atoms with Gasteiger partial charge in [-0.2, -0.15) is 0 Å². The highest BCUT2D eigenvalue weighted by Gasteiger charge is 2.33. The maximum absolute atomic E-state index is 5.75. The van der Waals surface area contributed by atoms with Crippen LogP contribution in [0.4, 0.5) is 0 Å². The number of nitrogens with zero attached hydrogens (tertiary/aromatic N) is 1. The zero-order chi connectivity index (χ0) is 18.3. The molecular formula is C20H34IN3O2. The van der Waals surface area contributed by atoms with Gasteiger partial charge in [0.2, 0.25) is 0 Å². The van der Waals surface area contributed by atoms with E-state index >= 15 is 0 Å². The number of nitrogens with one attached hydrogen (secondary N) is 2. The lowest BCUT2D eigenvalue weighted by molar-refractivity contribution is -0.0945. The van der Waals surface area contributed by atoms with Crippen LogP contribution in [0.5, 0.6) is 5.75 Å². The fourth-order valence-electron chi connectivity index (χ4n) is 2.54. The third-order valence-electron chi connectivity index (χ3n) is 4.18. The Morgan fingerprint density at radius 1 is 1.23 bits per heavy atom. The fraction of sp³-hybridized carbons (Fsp3) is 0.650. The van der Waals surface area contributed by atoms with Gasteiger partial charge in [0.1, 0.15) is 5.75 Å². The second-order valence-corrected chi connectivity index (χ2v) is 7.64. The summed E-state index contributed by atoms with van der Waals surface area (Å²) in [5, 5.41) is 6.80. The van der Waals surface area contributed by atoms with E-state index in [4.69, 9.17) is 14.5 Å². The molecule has 0 aliphatic carbocycles. The molecule has 0 spiro atoms. The summed E-state index contributed by atoms with van der Waals surface area (Å²) in [6.07, 6.45) is 0. The summed E-state index contributed by atoms with van der Waals surface area (Å²) < 4.78 is 11.1. The lowest BCUT2D eigenvalue weighted by Crippen LogP contribution is -2.44. The summed E-state index contributed by atoms with van der Waals surface area (Å²) in [4.78, 5) is 4.73. The van der Waals surface area contributed by atoms with Gasteiger partial charge in [-0.3, -0.25) is 4.99 Å². The van der Waals surface area contributed by atoms with Gasteiger partial charge in [-0.05, 0) is 37.5 Å². The van der Waals surface area contributed by atoms with Gasteiger partial charge >= 0.3 is 0 Å². The van der Waals surface area contributed by atoms with Crippen LogP contribution in [0.1, 0.15) is 46.2 Å². The van der Waals surface area contributed by atoms with Crippen molar-refractivity contribution in [3.05, 3.63) is 29.8 Å². The molecule has 0 aromatic heterocycles. The Labute approximate surface area is 175 Å². The van der Waals surface area contributed by atoms with Crippen LogP contribution in [-0.4, -0.2) is 38.9 Å². The topological polar surface area (TPSA) is 54.9 Å². The van der Waals surface area contributed by atoms with E-state index in [0.717, 1.165) is 44.6 Å². The molecule has 1 aromatic rings. The first-order chi connectivity index (χ1) is 11.9. The summed E-state index contributed by atoms with van der Waals surface area (Å²) in [6.45, 7) is 14.7. The molecule has 1 atom stereocenters. The standard InChI is InChI=1S/C20H33N3O2.HI/c1-6-21-19(22-12-20(5)13-24-14-20)23-16(4)17-7-9-18(10-8-17)25-11-15(2)3;/h7-10,15-16H,6,11-14H2,1-5H3,(H2,21,22,23);1H. The first-order valence-electron chi connectivity index (χ1n) is 9.27. The molecule has 0 radical (unpaired) electrons. The van der Waals surface area contributed by atoms with E-state index in [1.807, 2.05) is 12.1 Å². The van der Waals surface area contributed by atoms with Crippen molar-refractivity contribution < 1.29 is 9.47 Å². The minimum atomic E-state index is 0. The number of guanidine groups is 1. The van der Waals surface area contributed by atoms with Gasteiger partial charge in [-0.1, -0.05) is 32.9 Å². The molecular weight excluding hydrogens is 441 g/mol. The number of aliphatic imine (C=N–C) groups is 1. The third kappa shape index (κ3) is 7.31. The van der Waals surface area contributed by atoms with E-state index in [1.54, 1.807) is 0 Å². The molecule has 1 aliphatic heterocycles. The lowest BCUT2D eigenvalue weighted by Gasteiger charge is -2.36. The average molecular weight is 475 g/mol. The van der Waals surface area contributed by atoms with E-state index in [-0.39, 0.29) is 35.4 Å². The molecule has 1 saturated heterocycles. The van der Waals surface area contributed by atoms with Crippen molar-refractivity contribution in [3.63, 3.8) is 0 Å². The SMILES string of the molecule is CCNC(=NCC1(C)COC1)NC(C)c1ccc(OCC(C)C)cc1.I. The molecule has 0 amide bonds. The highest BCUT2D eigenvalue weighted by Crippen LogP contribution is 2.26. The molecule has 6 heteroatoms. The van der Waals surface area contributed by atoms with Crippen LogP contribution in [-0.2, 0) is 4.74 Å². The molecule has 1 heterocycles. The molecule has 148 valence electrons. The summed E-state index contributed by atoms with van der Waals surface area (Å²) in [6, 6.07) is 8.46. The molecule has 1 unspecified atom stereocenters. The van der Waals surface area contributed by atoms with Crippen molar-refractivity contribution in [1.29, 1.82) is 0 Å². The summed E-state index contributed by atoms with van der Waals surface area (Å²) in [5.41, 5.74) is 1.39. The van der Waals surface area contributed by atoms with Gasteiger partial charge in [-0.15, -0.1) is 24.0 Å². The molecule has 1 fully saturated rings. The van der Waals surface area contributed by atoms with E-state index in [0.29, 0.717) is 5.92 Å².